The number of halogens is 1. The fourth-order valence-electron chi connectivity index (χ4n) is 1.18. The normalized spacial score (nSPS) is 11.2. The van der Waals surface area contributed by atoms with E-state index in [9.17, 15) is 17.6 Å². The average Bonchev–Trinajstić information content (AvgIpc) is 2.34. The molecule has 0 aliphatic heterocycles. The predicted molar refractivity (Wildman–Crippen MR) is 60.6 cm³/mol. The van der Waals surface area contributed by atoms with E-state index in [0.29, 0.717) is 0 Å². The van der Waals surface area contributed by atoms with Crippen molar-refractivity contribution < 1.29 is 22.3 Å². The summed E-state index contributed by atoms with van der Waals surface area (Å²) < 4.78 is 43.1. The average molecular weight is 276 g/mol. The first-order valence-electron chi connectivity index (χ1n) is 5.14. The van der Waals surface area contributed by atoms with Gasteiger partial charge < -0.3 is 4.74 Å². The molecule has 100 valence electrons. The van der Waals surface area contributed by atoms with Crippen LogP contribution in [0.2, 0.25) is 0 Å². The SMILES string of the molecule is COC(=O)CCCNS(=O)(=O)c1ncccc1F. The molecule has 1 rings (SSSR count). The van der Waals surface area contributed by atoms with Crippen molar-refractivity contribution >= 4 is 16.0 Å². The minimum Gasteiger partial charge on any atom is -0.469 e. The monoisotopic (exact) mass is 276 g/mol. The van der Waals surface area contributed by atoms with Crippen LogP contribution in [0.1, 0.15) is 12.8 Å². The van der Waals surface area contributed by atoms with E-state index in [0.717, 1.165) is 6.07 Å². The highest BCUT2D eigenvalue weighted by Gasteiger charge is 2.19. The van der Waals surface area contributed by atoms with Crippen LogP contribution < -0.4 is 4.72 Å². The van der Waals surface area contributed by atoms with Gasteiger partial charge in [0.2, 0.25) is 5.03 Å². The van der Waals surface area contributed by atoms with E-state index in [1.54, 1.807) is 0 Å². The number of carbonyl (C=O) groups excluding carboxylic acids is 1. The Morgan fingerprint density at radius 2 is 2.28 bits per heavy atom. The molecule has 1 N–H and O–H groups in total. The molecule has 0 radical (unpaired) electrons. The highest BCUT2D eigenvalue weighted by molar-refractivity contribution is 7.89. The van der Waals surface area contributed by atoms with Gasteiger partial charge in [0.25, 0.3) is 10.0 Å². The number of aromatic nitrogens is 1. The van der Waals surface area contributed by atoms with Gasteiger partial charge in [0.1, 0.15) is 0 Å². The fourth-order valence-corrected chi connectivity index (χ4v) is 2.25. The summed E-state index contributed by atoms with van der Waals surface area (Å²) in [6, 6.07) is 2.31. The van der Waals surface area contributed by atoms with Gasteiger partial charge in [-0.3, -0.25) is 4.79 Å². The van der Waals surface area contributed by atoms with Crippen LogP contribution in [0.15, 0.2) is 23.4 Å². The number of sulfonamides is 1. The molecule has 0 aliphatic carbocycles. The zero-order valence-corrected chi connectivity index (χ0v) is 10.5. The third kappa shape index (κ3) is 4.04. The van der Waals surface area contributed by atoms with Crippen molar-refractivity contribution in [2.45, 2.75) is 17.9 Å². The summed E-state index contributed by atoms with van der Waals surface area (Å²) in [5.41, 5.74) is 0. The third-order valence-corrected chi connectivity index (χ3v) is 3.45. The number of rotatable bonds is 6. The lowest BCUT2D eigenvalue weighted by Gasteiger charge is -2.06. The molecule has 8 heteroatoms. The zero-order valence-electron chi connectivity index (χ0n) is 9.72. The number of nitrogens with one attached hydrogen (secondary N) is 1. The molecule has 1 aromatic rings. The molecule has 0 saturated carbocycles. The van der Waals surface area contributed by atoms with Crippen molar-refractivity contribution in [1.82, 2.24) is 9.71 Å². The van der Waals surface area contributed by atoms with Crippen LogP contribution in [0, 0.1) is 5.82 Å². The molecule has 1 aromatic heterocycles. The van der Waals surface area contributed by atoms with Crippen LogP contribution in [-0.4, -0.2) is 33.0 Å². The topological polar surface area (TPSA) is 85.4 Å². The molecular formula is C10H13FN2O4S. The second-order valence-corrected chi connectivity index (χ2v) is 5.05. The molecule has 0 spiro atoms. The van der Waals surface area contributed by atoms with Crippen molar-refractivity contribution in [1.29, 1.82) is 0 Å². The molecule has 0 fully saturated rings. The van der Waals surface area contributed by atoms with Gasteiger partial charge in [-0.2, -0.15) is 0 Å². The standard InChI is InChI=1S/C10H13FN2O4S/c1-17-9(14)5-3-7-13-18(15,16)10-8(11)4-2-6-12-10/h2,4,6,13H,3,5,7H2,1H3. The van der Waals surface area contributed by atoms with Gasteiger partial charge in [0, 0.05) is 19.2 Å². The summed E-state index contributed by atoms with van der Waals surface area (Å²) in [5.74, 6) is -1.35. The summed E-state index contributed by atoms with van der Waals surface area (Å²) in [4.78, 5) is 14.3. The number of hydrogen-bond acceptors (Lipinski definition) is 5. The predicted octanol–water partition coefficient (Wildman–Crippen LogP) is 0.452. The summed E-state index contributed by atoms with van der Waals surface area (Å²) in [7, 11) is -2.74. The zero-order chi connectivity index (χ0) is 13.6. The molecule has 0 unspecified atom stereocenters. The molecular weight excluding hydrogens is 263 g/mol. The Bertz CT molecular complexity index is 518. The Morgan fingerprint density at radius 3 is 2.89 bits per heavy atom. The Balaban J connectivity index is 2.56. The number of ether oxygens (including phenoxy) is 1. The lowest BCUT2D eigenvalue weighted by Crippen LogP contribution is -2.27. The van der Waals surface area contributed by atoms with E-state index in [4.69, 9.17) is 0 Å². The first-order valence-corrected chi connectivity index (χ1v) is 6.62. The van der Waals surface area contributed by atoms with Crippen molar-refractivity contribution in [3.05, 3.63) is 24.1 Å². The van der Waals surface area contributed by atoms with Crippen molar-refractivity contribution in [2.75, 3.05) is 13.7 Å². The van der Waals surface area contributed by atoms with Gasteiger partial charge in [-0.15, -0.1) is 0 Å². The summed E-state index contributed by atoms with van der Waals surface area (Å²) in [5, 5.41) is -0.650. The van der Waals surface area contributed by atoms with E-state index < -0.39 is 26.8 Å². The van der Waals surface area contributed by atoms with Crippen LogP contribution in [0.3, 0.4) is 0 Å². The Kier molecular flexibility index (Phi) is 5.17. The highest BCUT2D eigenvalue weighted by atomic mass is 32.2. The molecule has 0 atom stereocenters. The van der Waals surface area contributed by atoms with Crippen molar-refractivity contribution in [3.8, 4) is 0 Å². The second kappa shape index (κ2) is 6.41. The highest BCUT2D eigenvalue weighted by Crippen LogP contribution is 2.09. The van der Waals surface area contributed by atoms with Crippen molar-refractivity contribution in [3.63, 3.8) is 0 Å². The smallest absolute Gasteiger partial charge is 0.305 e. The summed E-state index contributed by atoms with van der Waals surface area (Å²) in [6.45, 7) is 0.00739. The summed E-state index contributed by atoms with van der Waals surface area (Å²) >= 11 is 0. The molecule has 0 amide bonds. The van der Waals surface area contributed by atoms with Gasteiger partial charge in [0.15, 0.2) is 5.82 Å². The number of carbonyl (C=O) groups is 1. The van der Waals surface area contributed by atoms with Gasteiger partial charge in [-0.1, -0.05) is 0 Å². The van der Waals surface area contributed by atoms with Gasteiger partial charge in [-0.05, 0) is 18.6 Å². The number of hydrogen-bond donors (Lipinski definition) is 1. The van der Waals surface area contributed by atoms with Gasteiger partial charge in [0.05, 0.1) is 7.11 Å². The van der Waals surface area contributed by atoms with Crippen LogP contribution in [0.4, 0.5) is 4.39 Å². The minimum absolute atomic E-state index is 0.00739. The van der Waals surface area contributed by atoms with E-state index in [-0.39, 0.29) is 19.4 Å². The molecule has 1 heterocycles. The Hall–Kier alpha value is -1.54. The molecule has 0 aliphatic rings. The number of esters is 1. The molecule has 0 bridgehead atoms. The van der Waals surface area contributed by atoms with Gasteiger partial charge in [-0.25, -0.2) is 22.5 Å². The van der Waals surface area contributed by atoms with Crippen LogP contribution >= 0.6 is 0 Å². The van der Waals surface area contributed by atoms with Crippen LogP contribution in [0.25, 0.3) is 0 Å². The molecule has 18 heavy (non-hydrogen) atoms. The maximum absolute atomic E-state index is 13.2. The van der Waals surface area contributed by atoms with E-state index >= 15 is 0 Å². The first kappa shape index (κ1) is 14.5. The fraction of sp³-hybridized carbons (Fsp3) is 0.400. The minimum atomic E-state index is -3.98. The number of nitrogens with zero attached hydrogens (tertiary/aromatic N) is 1. The first-order chi connectivity index (χ1) is 8.47. The number of pyridine rings is 1. The maximum Gasteiger partial charge on any atom is 0.305 e. The van der Waals surface area contributed by atoms with E-state index in [2.05, 4.69) is 14.4 Å². The molecule has 0 aromatic carbocycles. The van der Waals surface area contributed by atoms with Crippen LogP contribution in [0.5, 0.6) is 0 Å². The quantitative estimate of drug-likeness (QED) is 0.602. The third-order valence-electron chi connectivity index (χ3n) is 2.06. The Morgan fingerprint density at radius 1 is 1.56 bits per heavy atom. The van der Waals surface area contributed by atoms with Gasteiger partial charge >= 0.3 is 5.97 Å². The van der Waals surface area contributed by atoms with E-state index in [1.807, 2.05) is 0 Å². The van der Waals surface area contributed by atoms with E-state index in [1.165, 1.54) is 19.4 Å². The lowest BCUT2D eigenvalue weighted by molar-refractivity contribution is -0.140. The van der Waals surface area contributed by atoms with Crippen LogP contribution in [-0.2, 0) is 19.6 Å². The second-order valence-electron chi connectivity index (χ2n) is 3.37. The lowest BCUT2D eigenvalue weighted by atomic mass is 10.3. The maximum atomic E-state index is 13.2. The molecule has 6 nitrogen and oxygen atoms in total. The largest absolute Gasteiger partial charge is 0.469 e. The Labute approximate surface area is 104 Å². The number of methoxy groups -OCH3 is 1. The van der Waals surface area contributed by atoms with Crippen molar-refractivity contribution in [2.24, 2.45) is 0 Å². The molecule has 0 saturated heterocycles. The summed E-state index contributed by atoms with van der Waals surface area (Å²) in [6.07, 6.45) is 1.54.